The highest BCUT2D eigenvalue weighted by atomic mass is 16.5. The van der Waals surface area contributed by atoms with Crippen LogP contribution in [-0.4, -0.2) is 35.4 Å². The number of amides is 2. The molecule has 0 saturated carbocycles. The number of likely N-dealkylation sites (tertiary alicyclic amines) is 1. The van der Waals surface area contributed by atoms with Gasteiger partial charge >= 0.3 is 0 Å². The summed E-state index contributed by atoms with van der Waals surface area (Å²) in [6, 6.07) is 11.0. The molecule has 1 N–H and O–H groups in total. The molecule has 6 nitrogen and oxygen atoms in total. The topological polar surface area (TPSA) is 71.8 Å². The maximum atomic E-state index is 12.6. The van der Waals surface area contributed by atoms with Gasteiger partial charge in [0, 0.05) is 37.9 Å². The van der Waals surface area contributed by atoms with E-state index in [0.29, 0.717) is 38.1 Å². The van der Waals surface area contributed by atoms with E-state index in [9.17, 15) is 9.59 Å². The Hall–Kier alpha value is -2.76. The van der Waals surface area contributed by atoms with E-state index in [1.54, 1.807) is 12.1 Å². The van der Waals surface area contributed by atoms with E-state index in [2.05, 4.69) is 5.32 Å². The zero-order chi connectivity index (χ0) is 18.9. The van der Waals surface area contributed by atoms with Crippen LogP contribution in [0.5, 0.6) is 5.75 Å². The molecule has 1 spiro atoms. The molecule has 2 amide bonds. The number of nitrogens with zero attached hydrogens (tertiary/aromatic N) is 1. The van der Waals surface area contributed by atoms with Crippen LogP contribution in [0.2, 0.25) is 0 Å². The summed E-state index contributed by atoms with van der Waals surface area (Å²) in [5.41, 5.74) is 0.514. The molecule has 27 heavy (non-hydrogen) atoms. The molecule has 6 heteroatoms. The predicted octanol–water partition coefficient (Wildman–Crippen LogP) is 3.30. The van der Waals surface area contributed by atoms with Gasteiger partial charge in [0.1, 0.15) is 11.4 Å². The van der Waals surface area contributed by atoms with Crippen LogP contribution < -0.4 is 10.1 Å². The number of furan rings is 1. The molecule has 0 unspecified atom stereocenters. The number of carbonyl (C=O) groups is 2. The van der Waals surface area contributed by atoms with Crippen LogP contribution in [0.4, 0.5) is 0 Å². The second kappa shape index (κ2) is 7.10. The lowest BCUT2D eigenvalue weighted by Crippen LogP contribution is -2.46. The second-order valence-electron chi connectivity index (χ2n) is 7.25. The summed E-state index contributed by atoms with van der Waals surface area (Å²) in [6.07, 6.45) is 4.01. The van der Waals surface area contributed by atoms with Crippen molar-refractivity contribution >= 4 is 11.8 Å². The number of rotatable bonds is 3. The molecule has 2 aliphatic heterocycles. The van der Waals surface area contributed by atoms with Crippen molar-refractivity contribution in [2.75, 3.05) is 13.1 Å². The van der Waals surface area contributed by atoms with Crippen molar-refractivity contribution in [3.05, 3.63) is 54.0 Å². The number of fused-ring (bicyclic) bond motifs is 1. The van der Waals surface area contributed by atoms with Crippen molar-refractivity contribution in [1.82, 2.24) is 10.2 Å². The first-order valence-corrected chi connectivity index (χ1v) is 9.50. The van der Waals surface area contributed by atoms with Gasteiger partial charge in [-0.3, -0.25) is 9.59 Å². The van der Waals surface area contributed by atoms with Gasteiger partial charge in [-0.05, 0) is 31.5 Å². The van der Waals surface area contributed by atoms with Gasteiger partial charge in [-0.25, -0.2) is 0 Å². The van der Waals surface area contributed by atoms with E-state index in [1.807, 2.05) is 36.1 Å². The molecule has 1 saturated heterocycles. The van der Waals surface area contributed by atoms with Gasteiger partial charge in [-0.15, -0.1) is 0 Å². The lowest BCUT2D eigenvalue weighted by atomic mass is 9.82. The molecular formula is C21H24N2O4. The van der Waals surface area contributed by atoms with Crippen LogP contribution in [0.1, 0.15) is 54.8 Å². The Morgan fingerprint density at radius 2 is 2.11 bits per heavy atom. The van der Waals surface area contributed by atoms with Crippen molar-refractivity contribution in [3.8, 4) is 5.75 Å². The number of carbonyl (C=O) groups excluding carboxylic acids is 2. The van der Waals surface area contributed by atoms with Crippen LogP contribution in [0.3, 0.4) is 0 Å². The Labute approximate surface area is 158 Å². The number of benzene rings is 1. The number of hydrogen-bond donors (Lipinski definition) is 1. The lowest BCUT2D eigenvalue weighted by molar-refractivity contribution is -0.130. The molecule has 0 radical (unpaired) electrons. The summed E-state index contributed by atoms with van der Waals surface area (Å²) in [6.45, 7) is 3.39. The first-order valence-electron chi connectivity index (χ1n) is 9.50. The van der Waals surface area contributed by atoms with E-state index in [1.165, 1.54) is 6.26 Å². The maximum Gasteiger partial charge on any atom is 0.287 e. The largest absolute Gasteiger partial charge is 0.487 e. The van der Waals surface area contributed by atoms with E-state index in [-0.39, 0.29) is 17.9 Å². The first-order chi connectivity index (χ1) is 13.1. The molecule has 0 bridgehead atoms. The fraction of sp³-hybridized carbons (Fsp3) is 0.429. The number of nitrogens with one attached hydrogen (secondary N) is 1. The molecule has 0 aliphatic carbocycles. The zero-order valence-corrected chi connectivity index (χ0v) is 15.4. The highest BCUT2D eigenvalue weighted by molar-refractivity contribution is 5.91. The van der Waals surface area contributed by atoms with E-state index < -0.39 is 5.60 Å². The quantitative estimate of drug-likeness (QED) is 0.902. The smallest absolute Gasteiger partial charge is 0.287 e. The number of para-hydroxylation sites is 1. The van der Waals surface area contributed by atoms with Gasteiger partial charge in [0.05, 0.1) is 12.3 Å². The Bertz CT molecular complexity index is 832. The van der Waals surface area contributed by atoms with Gasteiger partial charge in [-0.2, -0.15) is 0 Å². The molecule has 2 aromatic rings. The van der Waals surface area contributed by atoms with Crippen LogP contribution in [0, 0.1) is 0 Å². The summed E-state index contributed by atoms with van der Waals surface area (Å²) in [7, 11) is 0. The average Bonchev–Trinajstić information content (AvgIpc) is 3.17. The molecule has 2 atom stereocenters. The summed E-state index contributed by atoms with van der Waals surface area (Å²) >= 11 is 0. The Balaban J connectivity index is 1.61. The molecular weight excluding hydrogens is 344 g/mol. The maximum absolute atomic E-state index is 12.6. The highest BCUT2D eigenvalue weighted by Gasteiger charge is 2.43. The summed E-state index contributed by atoms with van der Waals surface area (Å²) in [5, 5.41) is 3.09. The molecule has 142 valence electrons. The summed E-state index contributed by atoms with van der Waals surface area (Å²) in [5.74, 6) is 1.01. The van der Waals surface area contributed by atoms with Crippen molar-refractivity contribution in [3.63, 3.8) is 0 Å². The molecule has 1 fully saturated rings. The number of ether oxygens (including phenoxy) is 1. The SMILES string of the molecule is CCN1CC[C@@]2(CCC1=O)C[C@H](NC(=O)c1ccco1)c1ccccc1O2. The van der Waals surface area contributed by atoms with Crippen LogP contribution in [-0.2, 0) is 4.79 Å². The van der Waals surface area contributed by atoms with Gasteiger partial charge in [0.15, 0.2) is 5.76 Å². The van der Waals surface area contributed by atoms with E-state index >= 15 is 0 Å². The highest BCUT2D eigenvalue weighted by Crippen LogP contribution is 2.44. The molecule has 1 aromatic heterocycles. The Kier molecular flexibility index (Phi) is 4.64. The van der Waals surface area contributed by atoms with Crippen LogP contribution >= 0.6 is 0 Å². The van der Waals surface area contributed by atoms with Gasteiger partial charge in [0.2, 0.25) is 5.91 Å². The monoisotopic (exact) mass is 368 g/mol. The molecule has 1 aromatic carbocycles. The minimum Gasteiger partial charge on any atom is -0.487 e. The van der Waals surface area contributed by atoms with Gasteiger partial charge < -0.3 is 19.4 Å². The van der Waals surface area contributed by atoms with E-state index in [4.69, 9.17) is 9.15 Å². The van der Waals surface area contributed by atoms with Crippen LogP contribution in [0.15, 0.2) is 47.1 Å². The Morgan fingerprint density at radius 1 is 1.26 bits per heavy atom. The van der Waals surface area contributed by atoms with Crippen molar-refractivity contribution in [1.29, 1.82) is 0 Å². The third kappa shape index (κ3) is 3.44. The second-order valence-corrected chi connectivity index (χ2v) is 7.25. The van der Waals surface area contributed by atoms with Gasteiger partial charge in [-0.1, -0.05) is 18.2 Å². The zero-order valence-electron chi connectivity index (χ0n) is 15.4. The lowest BCUT2D eigenvalue weighted by Gasteiger charge is -2.42. The Morgan fingerprint density at radius 3 is 2.89 bits per heavy atom. The summed E-state index contributed by atoms with van der Waals surface area (Å²) in [4.78, 5) is 26.8. The standard InChI is InChI=1S/C21H24N2O4/c1-2-23-12-11-21(10-9-19(23)24)14-16(15-6-3-4-7-17(15)27-21)22-20(25)18-8-5-13-26-18/h3-8,13,16H,2,9-12,14H2,1H3,(H,22,25)/t16-,21-/m0/s1. The third-order valence-corrected chi connectivity index (χ3v) is 5.61. The minimum absolute atomic E-state index is 0.174. The molecule has 4 rings (SSSR count). The van der Waals surface area contributed by atoms with Crippen molar-refractivity contribution in [2.24, 2.45) is 0 Å². The molecule has 3 heterocycles. The van der Waals surface area contributed by atoms with E-state index in [0.717, 1.165) is 17.7 Å². The van der Waals surface area contributed by atoms with Gasteiger partial charge in [0.25, 0.3) is 5.91 Å². The van der Waals surface area contributed by atoms with Crippen LogP contribution in [0.25, 0.3) is 0 Å². The predicted molar refractivity (Wildman–Crippen MR) is 99.4 cm³/mol. The summed E-state index contributed by atoms with van der Waals surface area (Å²) < 4.78 is 11.7. The van der Waals surface area contributed by atoms with Crippen molar-refractivity contribution < 1.29 is 18.7 Å². The fourth-order valence-electron chi connectivity index (χ4n) is 4.11. The fourth-order valence-corrected chi connectivity index (χ4v) is 4.11. The van der Waals surface area contributed by atoms with Crippen molar-refractivity contribution in [2.45, 2.75) is 44.2 Å². The average molecular weight is 368 g/mol. The number of hydrogen-bond acceptors (Lipinski definition) is 4. The minimum atomic E-state index is -0.449. The molecule has 2 aliphatic rings. The first kappa shape index (κ1) is 17.6. The normalized spacial score (nSPS) is 24.9. The third-order valence-electron chi connectivity index (χ3n) is 5.61.